The summed E-state index contributed by atoms with van der Waals surface area (Å²) in [5.74, 6) is 0. The van der Waals surface area contributed by atoms with Gasteiger partial charge < -0.3 is 5.71 Å². The van der Waals surface area contributed by atoms with Gasteiger partial charge in [-0.1, -0.05) is 0 Å². The molecule has 0 spiro atoms. The molecule has 4 heteroatoms. The zero-order valence-corrected chi connectivity index (χ0v) is 11.8. The van der Waals surface area contributed by atoms with Gasteiger partial charge in [0.25, 0.3) is 0 Å². The Bertz CT molecular complexity index is 16.0. The van der Waals surface area contributed by atoms with Crippen LogP contribution in [0.25, 0.3) is 0 Å². The summed E-state index contributed by atoms with van der Waals surface area (Å²) in [5, 5.41) is 0. The van der Waals surface area contributed by atoms with E-state index in [2.05, 4.69) is 0 Å². The van der Waals surface area contributed by atoms with E-state index in [4.69, 9.17) is 3.40 Å². The minimum absolute atomic E-state index is 0. The van der Waals surface area contributed by atoms with Gasteiger partial charge in [-0.2, -0.15) is 0 Å². The second-order valence-electron chi connectivity index (χ2n) is 0. The Morgan fingerprint density at radius 3 is 1.50 bits per heavy atom. The predicted octanol–water partition coefficient (Wildman–Crippen LogP) is -0.433. The number of rotatable bonds is 0. The summed E-state index contributed by atoms with van der Waals surface area (Å²) in [6, 6.07) is 0. The van der Waals surface area contributed by atoms with Crippen LogP contribution in [0.2, 0.25) is 0 Å². The van der Waals surface area contributed by atoms with Crippen molar-refractivity contribution in [3.8, 4) is 0 Å². The fourth-order valence-corrected chi connectivity index (χ4v) is 0. The quantitative estimate of drug-likeness (QED) is 0.521. The molecule has 4 heavy (non-hydrogen) atoms. The van der Waals surface area contributed by atoms with E-state index in [9.17, 15) is 0 Å². The molecule has 0 radical (unpaired) electrons. The van der Waals surface area contributed by atoms with E-state index >= 15 is 0 Å². The Kier molecular flexibility index (Phi) is 63.6. The Morgan fingerprint density at radius 2 is 1.50 bits per heavy atom. The average molecular weight is 381 g/mol. The third-order valence-electron chi connectivity index (χ3n) is 0. The second kappa shape index (κ2) is 16.2. The second-order valence-corrected chi connectivity index (χ2v) is 0. The maximum absolute atomic E-state index is 8.33. The predicted molar refractivity (Wildman–Crippen MR) is 16.6 cm³/mol. The summed E-state index contributed by atoms with van der Waals surface area (Å²) in [4.78, 5) is 0. The van der Waals surface area contributed by atoms with Crippen molar-refractivity contribution in [2.24, 2.45) is 0 Å². The van der Waals surface area contributed by atoms with Crippen molar-refractivity contribution >= 4 is 86.6 Å². The van der Waals surface area contributed by atoms with Crippen LogP contribution in [0, 0.1) is 0 Å². The van der Waals surface area contributed by atoms with Crippen molar-refractivity contribution in [1.82, 2.24) is 0 Å². The van der Waals surface area contributed by atoms with Gasteiger partial charge in [0, 0.05) is 0 Å². The zero-order valence-electron chi connectivity index (χ0n) is 6.23. The van der Waals surface area contributed by atoms with Crippen molar-refractivity contribution in [1.29, 1.82) is 0 Å². The molecule has 0 aromatic carbocycles. The van der Waals surface area contributed by atoms with Gasteiger partial charge in [-0.05, 0) is 0 Å². The van der Waals surface area contributed by atoms with Gasteiger partial charge in [0.15, 0.2) is 0 Å². The summed E-state index contributed by atoms with van der Waals surface area (Å²) in [6.07, 6.45) is 0. The Balaban J connectivity index is -0.000000000333. The summed E-state index contributed by atoms with van der Waals surface area (Å²) in [7, 11) is 0. The van der Waals surface area contributed by atoms with E-state index in [1.54, 1.807) is 0 Å². The first kappa shape index (κ1) is 15.7. The van der Waals surface area contributed by atoms with Crippen LogP contribution in [0.5, 0.6) is 0 Å². The summed E-state index contributed by atoms with van der Waals surface area (Å²) >= 11 is 0.333. The molecule has 0 aliphatic carbocycles. The molecule has 0 rings (SSSR count). The summed E-state index contributed by atoms with van der Waals surface area (Å²) in [5.41, 5.74) is 0. The maximum atomic E-state index is 8.33. The van der Waals surface area contributed by atoms with E-state index in [0.29, 0.717) is 19.8 Å². The molecule has 0 heterocycles. The summed E-state index contributed by atoms with van der Waals surface area (Å²) < 4.78 is 8.33. The fraction of sp³-hybridized carbons (Fsp3) is 0. The molecule has 0 N–H and O–H groups in total. The number of hydrogen-bond acceptors (Lipinski definition) is 1. The van der Waals surface area contributed by atoms with E-state index < -0.39 is 0 Å². The molecule has 0 amide bonds. The van der Waals surface area contributed by atoms with Crippen molar-refractivity contribution in [2.45, 2.75) is 0 Å². The molecule has 0 aliphatic heterocycles. The molecule has 0 saturated carbocycles. The van der Waals surface area contributed by atoms with Gasteiger partial charge in [0.05, 0.1) is 0 Å². The van der Waals surface area contributed by atoms with Crippen LogP contribution in [0.4, 0.5) is 0 Å². The molecule has 0 atom stereocenters. The van der Waals surface area contributed by atoms with Crippen LogP contribution < -0.4 is 0 Å². The minimum atomic E-state index is 0. The van der Waals surface area contributed by atoms with Gasteiger partial charge in [0.2, 0.25) is 0 Å². The molecule has 0 aromatic rings. The van der Waals surface area contributed by atoms with Crippen molar-refractivity contribution < 1.29 is 28.9 Å². The topological polar surface area (TPSA) is 17.1 Å². The summed E-state index contributed by atoms with van der Waals surface area (Å²) in [6.45, 7) is 0. The van der Waals surface area contributed by atoms with Crippen LogP contribution in [-0.2, 0) is 23.2 Å². The molecular formula is H4BaCaOW. The number of hydrogen-bond donors (Lipinski definition) is 0. The first-order chi connectivity index (χ1) is 1.00. The molecule has 0 fully saturated rings. The Labute approximate surface area is 113 Å². The normalized spacial score (nSPS) is 1.00. The Hall–Kier alpha value is 3.32. The van der Waals surface area contributed by atoms with Crippen LogP contribution in [0.1, 0.15) is 5.71 Å². The van der Waals surface area contributed by atoms with Gasteiger partial charge >= 0.3 is 110 Å². The third-order valence-corrected chi connectivity index (χ3v) is 0. The molecule has 0 unspecified atom stereocenters. The monoisotopic (exact) mass is 382 g/mol. The molecular weight excluding hydrogens is 377 g/mol. The molecule has 0 bridgehead atoms. The van der Waals surface area contributed by atoms with Crippen molar-refractivity contribution in [2.75, 3.05) is 0 Å². The molecule has 0 aliphatic rings. The van der Waals surface area contributed by atoms with Gasteiger partial charge in [-0.15, -0.1) is 0 Å². The molecule has 0 aromatic heterocycles. The SMILES string of the molecule is [Ba+2].[Ca+2].[H-].[H-].[H-].[H-].[O]=[W]. The third kappa shape index (κ3) is 9.01. The first-order valence-electron chi connectivity index (χ1n) is 0.167. The van der Waals surface area contributed by atoms with E-state index in [0.717, 1.165) is 0 Å². The van der Waals surface area contributed by atoms with Crippen LogP contribution in [0.3, 0.4) is 0 Å². The fourth-order valence-electron chi connectivity index (χ4n) is 0. The zero-order chi connectivity index (χ0) is 2.00. The standard InChI is InChI=1S/Ba.Ca.O.W.4H/q2*+2;;;4*-1. The molecule has 20 valence electrons. The first-order valence-corrected chi connectivity index (χ1v) is 1.36. The van der Waals surface area contributed by atoms with Gasteiger partial charge in [0.1, 0.15) is 0 Å². The Morgan fingerprint density at radius 1 is 1.50 bits per heavy atom. The van der Waals surface area contributed by atoms with Gasteiger partial charge in [-0.3, -0.25) is 0 Å². The average Bonchev–Trinajstić information content (AvgIpc) is 1.00. The van der Waals surface area contributed by atoms with Crippen LogP contribution in [0.15, 0.2) is 0 Å². The van der Waals surface area contributed by atoms with Gasteiger partial charge in [-0.25, -0.2) is 0 Å². The van der Waals surface area contributed by atoms with E-state index in [1.807, 2.05) is 0 Å². The van der Waals surface area contributed by atoms with E-state index in [1.165, 1.54) is 0 Å². The van der Waals surface area contributed by atoms with Crippen molar-refractivity contribution in [3.63, 3.8) is 0 Å². The van der Waals surface area contributed by atoms with Crippen molar-refractivity contribution in [3.05, 3.63) is 0 Å². The van der Waals surface area contributed by atoms with Crippen LogP contribution >= 0.6 is 0 Å². The molecule has 0 saturated heterocycles. The molecule has 1 nitrogen and oxygen atoms in total. The van der Waals surface area contributed by atoms with Crippen LogP contribution in [-0.4, -0.2) is 86.6 Å². The van der Waals surface area contributed by atoms with E-state index in [-0.39, 0.29) is 92.3 Å².